The van der Waals surface area contributed by atoms with Gasteiger partial charge in [0.15, 0.2) is 11.5 Å². The Morgan fingerprint density at radius 1 is 1.50 bits per heavy atom. The summed E-state index contributed by atoms with van der Waals surface area (Å²) in [5.41, 5.74) is 0. The molecule has 1 aliphatic rings. The second-order valence-electron chi connectivity index (χ2n) is 4.59. The maximum atomic E-state index is 6.20. The third-order valence-electron chi connectivity index (χ3n) is 3.45. The van der Waals surface area contributed by atoms with Crippen LogP contribution in [-0.2, 0) is 0 Å². The molecule has 3 nitrogen and oxygen atoms in total. The number of hydrogen-bond acceptors (Lipinski definition) is 3. The van der Waals surface area contributed by atoms with Crippen molar-refractivity contribution in [3.05, 3.63) is 23.2 Å². The van der Waals surface area contributed by atoms with Gasteiger partial charge in [0.05, 0.1) is 12.1 Å². The highest BCUT2D eigenvalue weighted by Gasteiger charge is 2.26. The minimum atomic E-state index is 0.189. The molecule has 0 radical (unpaired) electrons. The first-order chi connectivity index (χ1) is 8.76. The van der Waals surface area contributed by atoms with Crippen LogP contribution in [0, 0.1) is 5.92 Å². The molecule has 0 bridgehead atoms. The van der Waals surface area contributed by atoms with Crippen LogP contribution in [0.1, 0.15) is 19.8 Å². The van der Waals surface area contributed by atoms with Crippen molar-refractivity contribution in [1.82, 2.24) is 5.32 Å². The van der Waals surface area contributed by atoms with E-state index in [1.165, 1.54) is 0 Å². The monoisotopic (exact) mass is 269 g/mol. The Hall–Kier alpha value is -0.930. The second kappa shape index (κ2) is 6.30. The number of ether oxygens (including phenoxy) is 2. The lowest BCUT2D eigenvalue weighted by Gasteiger charge is -2.24. The van der Waals surface area contributed by atoms with Gasteiger partial charge in [-0.15, -0.1) is 0 Å². The minimum Gasteiger partial charge on any atom is -0.493 e. The fourth-order valence-electron chi connectivity index (χ4n) is 2.42. The molecule has 1 fully saturated rings. The topological polar surface area (TPSA) is 30.5 Å². The van der Waals surface area contributed by atoms with Crippen LogP contribution in [-0.4, -0.2) is 26.3 Å². The Bertz CT molecular complexity index is 391. The first-order valence-corrected chi connectivity index (χ1v) is 6.84. The molecule has 1 heterocycles. The second-order valence-corrected chi connectivity index (χ2v) is 5.00. The fraction of sp³-hybridized carbons (Fsp3) is 0.571. The summed E-state index contributed by atoms with van der Waals surface area (Å²) in [5, 5.41) is 3.98. The number of rotatable bonds is 5. The predicted molar refractivity (Wildman–Crippen MR) is 73.7 cm³/mol. The molecular formula is C14H20ClNO2. The summed E-state index contributed by atoms with van der Waals surface area (Å²) < 4.78 is 11.4. The molecule has 0 unspecified atom stereocenters. The van der Waals surface area contributed by atoms with Crippen LogP contribution in [0.15, 0.2) is 18.2 Å². The Kier molecular flexibility index (Phi) is 4.72. The summed E-state index contributed by atoms with van der Waals surface area (Å²) in [7, 11) is 1.64. The first kappa shape index (κ1) is 13.5. The standard InChI is InChI=1S/C14H20ClNO2/c1-3-12(10-7-8-16-9-10)18-14-11(15)5-4-6-13(14)17-2/h4-6,10,12,16H,3,7-9H2,1-2H3/t10-,12-/m0/s1. The molecule has 1 aromatic carbocycles. The van der Waals surface area contributed by atoms with Crippen molar-refractivity contribution in [3.63, 3.8) is 0 Å². The van der Waals surface area contributed by atoms with Crippen LogP contribution in [0.4, 0.5) is 0 Å². The quantitative estimate of drug-likeness (QED) is 0.891. The molecule has 1 aromatic rings. The molecule has 0 aromatic heterocycles. The highest BCUT2D eigenvalue weighted by molar-refractivity contribution is 6.32. The van der Waals surface area contributed by atoms with E-state index in [9.17, 15) is 0 Å². The average molecular weight is 270 g/mol. The molecule has 4 heteroatoms. The Morgan fingerprint density at radius 3 is 2.94 bits per heavy atom. The molecule has 1 aliphatic heterocycles. The van der Waals surface area contributed by atoms with Gasteiger partial charge in [-0.3, -0.25) is 0 Å². The number of hydrogen-bond donors (Lipinski definition) is 1. The van der Waals surface area contributed by atoms with Crippen LogP contribution in [0.25, 0.3) is 0 Å². The van der Waals surface area contributed by atoms with Crippen LogP contribution < -0.4 is 14.8 Å². The van der Waals surface area contributed by atoms with Gasteiger partial charge in [0.1, 0.15) is 6.10 Å². The average Bonchev–Trinajstić information content (AvgIpc) is 2.91. The van der Waals surface area contributed by atoms with Crippen LogP contribution in [0.3, 0.4) is 0 Å². The van der Waals surface area contributed by atoms with Crippen molar-refractivity contribution in [1.29, 1.82) is 0 Å². The molecule has 2 atom stereocenters. The van der Waals surface area contributed by atoms with Gasteiger partial charge in [0.2, 0.25) is 0 Å². The Morgan fingerprint density at radius 2 is 2.33 bits per heavy atom. The van der Waals surface area contributed by atoms with Crippen molar-refractivity contribution in [2.45, 2.75) is 25.9 Å². The van der Waals surface area contributed by atoms with Gasteiger partial charge < -0.3 is 14.8 Å². The van der Waals surface area contributed by atoms with E-state index < -0.39 is 0 Å². The Labute approximate surface area is 113 Å². The lowest BCUT2D eigenvalue weighted by atomic mass is 9.99. The van der Waals surface area contributed by atoms with Gasteiger partial charge in [0, 0.05) is 12.5 Å². The highest BCUT2D eigenvalue weighted by Crippen LogP contribution is 2.36. The third-order valence-corrected chi connectivity index (χ3v) is 3.74. The van der Waals surface area contributed by atoms with Crippen molar-refractivity contribution in [2.75, 3.05) is 20.2 Å². The van der Waals surface area contributed by atoms with E-state index in [1.54, 1.807) is 7.11 Å². The van der Waals surface area contributed by atoms with Crippen molar-refractivity contribution in [3.8, 4) is 11.5 Å². The largest absolute Gasteiger partial charge is 0.493 e. The molecule has 0 aliphatic carbocycles. The summed E-state index contributed by atoms with van der Waals surface area (Å²) >= 11 is 6.20. The molecule has 0 saturated carbocycles. The number of methoxy groups -OCH3 is 1. The highest BCUT2D eigenvalue weighted by atomic mass is 35.5. The summed E-state index contributed by atoms with van der Waals surface area (Å²) in [6.07, 6.45) is 2.32. The molecule has 1 saturated heterocycles. The number of nitrogens with one attached hydrogen (secondary N) is 1. The fourth-order valence-corrected chi connectivity index (χ4v) is 2.63. The molecular weight excluding hydrogens is 250 g/mol. The van der Waals surface area contributed by atoms with E-state index in [4.69, 9.17) is 21.1 Å². The van der Waals surface area contributed by atoms with Crippen LogP contribution in [0.2, 0.25) is 5.02 Å². The Balaban J connectivity index is 2.15. The van der Waals surface area contributed by atoms with Gasteiger partial charge in [-0.2, -0.15) is 0 Å². The molecule has 2 rings (SSSR count). The SMILES string of the molecule is CC[C@H](Oc1c(Cl)cccc1OC)[C@H]1CCNC1. The number of para-hydroxylation sites is 1. The van der Waals surface area contributed by atoms with Crippen LogP contribution in [0.5, 0.6) is 11.5 Å². The van der Waals surface area contributed by atoms with Crippen molar-refractivity contribution >= 4 is 11.6 Å². The van der Waals surface area contributed by atoms with E-state index in [1.807, 2.05) is 18.2 Å². The summed E-state index contributed by atoms with van der Waals surface area (Å²) in [6, 6.07) is 5.58. The van der Waals surface area contributed by atoms with E-state index in [-0.39, 0.29) is 6.10 Å². The number of halogens is 1. The maximum Gasteiger partial charge on any atom is 0.180 e. The molecule has 1 N–H and O–H groups in total. The summed E-state index contributed by atoms with van der Waals surface area (Å²) in [6.45, 7) is 4.24. The minimum absolute atomic E-state index is 0.189. The normalized spacial score (nSPS) is 20.7. The van der Waals surface area contributed by atoms with Gasteiger partial charge in [-0.25, -0.2) is 0 Å². The molecule has 0 amide bonds. The third kappa shape index (κ3) is 2.90. The van der Waals surface area contributed by atoms with E-state index in [0.29, 0.717) is 22.4 Å². The van der Waals surface area contributed by atoms with E-state index in [2.05, 4.69) is 12.2 Å². The van der Waals surface area contributed by atoms with E-state index in [0.717, 1.165) is 25.9 Å². The van der Waals surface area contributed by atoms with Gasteiger partial charge in [-0.1, -0.05) is 24.6 Å². The smallest absolute Gasteiger partial charge is 0.180 e. The lowest BCUT2D eigenvalue weighted by molar-refractivity contribution is 0.134. The zero-order valence-corrected chi connectivity index (χ0v) is 11.7. The summed E-state index contributed by atoms with van der Waals surface area (Å²) in [5.74, 6) is 1.92. The maximum absolute atomic E-state index is 6.20. The molecule has 100 valence electrons. The summed E-state index contributed by atoms with van der Waals surface area (Å²) in [4.78, 5) is 0. The van der Waals surface area contributed by atoms with Gasteiger partial charge in [0.25, 0.3) is 0 Å². The predicted octanol–water partition coefficient (Wildman–Crippen LogP) is 3.12. The zero-order valence-electron chi connectivity index (χ0n) is 10.9. The van der Waals surface area contributed by atoms with E-state index >= 15 is 0 Å². The van der Waals surface area contributed by atoms with Crippen LogP contribution >= 0.6 is 11.6 Å². The molecule has 0 spiro atoms. The van der Waals surface area contributed by atoms with Gasteiger partial charge in [-0.05, 0) is 31.5 Å². The molecule has 18 heavy (non-hydrogen) atoms. The van der Waals surface area contributed by atoms with Gasteiger partial charge >= 0.3 is 0 Å². The van der Waals surface area contributed by atoms with Crippen molar-refractivity contribution in [2.24, 2.45) is 5.92 Å². The zero-order chi connectivity index (χ0) is 13.0. The number of benzene rings is 1. The lowest BCUT2D eigenvalue weighted by Crippen LogP contribution is -2.28. The first-order valence-electron chi connectivity index (χ1n) is 6.46. The van der Waals surface area contributed by atoms with Crippen molar-refractivity contribution < 1.29 is 9.47 Å².